The van der Waals surface area contributed by atoms with E-state index in [9.17, 15) is 4.79 Å². The van der Waals surface area contributed by atoms with Gasteiger partial charge >= 0.3 is 0 Å². The highest BCUT2D eigenvalue weighted by molar-refractivity contribution is 9.10. The Hall–Kier alpha value is -2.86. The average molecular weight is 411 g/mol. The standard InChI is InChI=1S/C20H19BrN4O/c1-13-8-6-7-11-16(13)20(26)23-19-17(21)18(24-25-19)14(2)22-12-15-9-4-3-5-10-15/h3-11,22H,2,12H2,1H3,(H2,23,24,25,26). The first-order valence-corrected chi connectivity index (χ1v) is 8.93. The number of amides is 1. The number of aromatic nitrogens is 2. The van der Waals surface area contributed by atoms with E-state index in [-0.39, 0.29) is 5.91 Å². The Morgan fingerprint density at radius 1 is 1.15 bits per heavy atom. The summed E-state index contributed by atoms with van der Waals surface area (Å²) in [6.07, 6.45) is 0. The van der Waals surface area contributed by atoms with Gasteiger partial charge in [0.2, 0.25) is 0 Å². The van der Waals surface area contributed by atoms with E-state index in [1.54, 1.807) is 6.07 Å². The summed E-state index contributed by atoms with van der Waals surface area (Å²) in [6, 6.07) is 17.5. The van der Waals surface area contributed by atoms with Gasteiger partial charge in [0.1, 0.15) is 0 Å². The lowest BCUT2D eigenvalue weighted by Gasteiger charge is -2.09. The lowest BCUT2D eigenvalue weighted by Crippen LogP contribution is -2.14. The number of nitrogens with zero attached hydrogens (tertiary/aromatic N) is 1. The van der Waals surface area contributed by atoms with Gasteiger partial charge in [-0.25, -0.2) is 0 Å². The van der Waals surface area contributed by atoms with Crippen molar-refractivity contribution in [2.24, 2.45) is 0 Å². The molecule has 0 fully saturated rings. The van der Waals surface area contributed by atoms with Crippen molar-refractivity contribution in [2.75, 3.05) is 5.32 Å². The van der Waals surface area contributed by atoms with Crippen molar-refractivity contribution in [3.63, 3.8) is 0 Å². The number of aryl methyl sites for hydroxylation is 1. The molecule has 2 aromatic carbocycles. The van der Waals surface area contributed by atoms with Crippen LogP contribution in [0.15, 0.2) is 65.6 Å². The van der Waals surface area contributed by atoms with Crippen LogP contribution in [0.4, 0.5) is 5.82 Å². The molecule has 0 atom stereocenters. The molecule has 0 spiro atoms. The second kappa shape index (κ2) is 8.01. The number of rotatable bonds is 6. The normalized spacial score (nSPS) is 10.4. The number of carbonyl (C=O) groups is 1. The number of anilines is 1. The molecule has 0 saturated heterocycles. The number of hydrogen-bond donors (Lipinski definition) is 3. The summed E-state index contributed by atoms with van der Waals surface area (Å²) >= 11 is 3.49. The van der Waals surface area contributed by atoms with Crippen molar-refractivity contribution in [1.82, 2.24) is 15.5 Å². The molecule has 1 heterocycles. The number of halogens is 1. The van der Waals surface area contributed by atoms with E-state index in [0.717, 1.165) is 11.1 Å². The summed E-state index contributed by atoms with van der Waals surface area (Å²) in [7, 11) is 0. The predicted molar refractivity (Wildman–Crippen MR) is 108 cm³/mol. The third-order valence-electron chi connectivity index (χ3n) is 3.98. The molecule has 6 heteroatoms. The second-order valence-corrected chi connectivity index (χ2v) is 6.64. The smallest absolute Gasteiger partial charge is 0.257 e. The van der Waals surface area contributed by atoms with Gasteiger partial charge in [-0.15, -0.1) is 0 Å². The predicted octanol–water partition coefficient (Wildman–Crippen LogP) is 4.49. The van der Waals surface area contributed by atoms with Crippen LogP contribution in [0.5, 0.6) is 0 Å². The van der Waals surface area contributed by atoms with Gasteiger partial charge in [0.05, 0.1) is 15.9 Å². The molecule has 1 aromatic heterocycles. The molecule has 0 aliphatic carbocycles. The van der Waals surface area contributed by atoms with Crippen molar-refractivity contribution < 1.29 is 4.79 Å². The van der Waals surface area contributed by atoms with Crippen LogP contribution in [0.2, 0.25) is 0 Å². The van der Waals surface area contributed by atoms with Crippen LogP contribution in [0.3, 0.4) is 0 Å². The molecule has 0 aliphatic heterocycles. The van der Waals surface area contributed by atoms with Crippen molar-refractivity contribution in [1.29, 1.82) is 0 Å². The fourth-order valence-corrected chi connectivity index (χ4v) is 3.02. The molecule has 3 N–H and O–H groups in total. The van der Waals surface area contributed by atoms with E-state index in [1.165, 1.54) is 0 Å². The summed E-state index contributed by atoms with van der Waals surface area (Å²) in [6.45, 7) is 6.59. The number of benzene rings is 2. The van der Waals surface area contributed by atoms with Crippen molar-refractivity contribution in [3.05, 3.63) is 88.0 Å². The van der Waals surface area contributed by atoms with Crippen LogP contribution >= 0.6 is 15.9 Å². The zero-order valence-electron chi connectivity index (χ0n) is 14.3. The van der Waals surface area contributed by atoms with E-state index >= 15 is 0 Å². The lowest BCUT2D eigenvalue weighted by molar-refractivity contribution is 0.102. The minimum Gasteiger partial charge on any atom is -0.380 e. The zero-order valence-corrected chi connectivity index (χ0v) is 15.9. The van der Waals surface area contributed by atoms with Gasteiger partial charge in [-0.2, -0.15) is 5.10 Å². The summed E-state index contributed by atoms with van der Waals surface area (Å²) in [5, 5.41) is 13.2. The van der Waals surface area contributed by atoms with E-state index in [2.05, 4.69) is 43.3 Å². The molecule has 0 saturated carbocycles. The molecule has 5 nitrogen and oxygen atoms in total. The van der Waals surface area contributed by atoms with Crippen LogP contribution in [0.25, 0.3) is 5.70 Å². The molecule has 26 heavy (non-hydrogen) atoms. The quantitative estimate of drug-likeness (QED) is 0.560. The molecule has 0 bridgehead atoms. The van der Waals surface area contributed by atoms with E-state index in [4.69, 9.17) is 0 Å². The first-order chi connectivity index (χ1) is 12.6. The number of H-pyrrole nitrogens is 1. The maximum Gasteiger partial charge on any atom is 0.257 e. The van der Waals surface area contributed by atoms with Crippen LogP contribution in [0, 0.1) is 6.92 Å². The molecular weight excluding hydrogens is 392 g/mol. The highest BCUT2D eigenvalue weighted by Crippen LogP contribution is 2.28. The van der Waals surface area contributed by atoms with Gasteiger partial charge in [-0.05, 0) is 40.0 Å². The van der Waals surface area contributed by atoms with Crippen molar-refractivity contribution in [2.45, 2.75) is 13.5 Å². The maximum atomic E-state index is 12.5. The number of aromatic amines is 1. The number of hydrogen-bond acceptors (Lipinski definition) is 3. The molecule has 3 aromatic rings. The highest BCUT2D eigenvalue weighted by Gasteiger charge is 2.17. The van der Waals surface area contributed by atoms with Crippen LogP contribution < -0.4 is 10.6 Å². The Labute approximate surface area is 160 Å². The summed E-state index contributed by atoms with van der Waals surface area (Å²) in [5.41, 5.74) is 4.05. The molecule has 0 radical (unpaired) electrons. The minimum absolute atomic E-state index is 0.204. The topological polar surface area (TPSA) is 69.8 Å². The van der Waals surface area contributed by atoms with E-state index in [1.807, 2.05) is 55.5 Å². The Bertz CT molecular complexity index is 934. The van der Waals surface area contributed by atoms with Gasteiger partial charge in [-0.1, -0.05) is 55.1 Å². The van der Waals surface area contributed by atoms with Crippen LogP contribution in [-0.4, -0.2) is 16.1 Å². The van der Waals surface area contributed by atoms with Crippen LogP contribution in [-0.2, 0) is 6.54 Å². The summed E-state index contributed by atoms with van der Waals surface area (Å²) in [4.78, 5) is 12.5. The molecule has 1 amide bonds. The number of carbonyl (C=O) groups excluding carboxylic acids is 1. The van der Waals surface area contributed by atoms with E-state index in [0.29, 0.717) is 33.8 Å². The third kappa shape index (κ3) is 4.03. The maximum absolute atomic E-state index is 12.5. The Morgan fingerprint density at radius 2 is 1.85 bits per heavy atom. The summed E-state index contributed by atoms with van der Waals surface area (Å²) < 4.78 is 0.657. The Morgan fingerprint density at radius 3 is 2.58 bits per heavy atom. The Balaban J connectivity index is 1.68. The lowest BCUT2D eigenvalue weighted by atomic mass is 10.1. The van der Waals surface area contributed by atoms with Crippen molar-refractivity contribution >= 4 is 33.4 Å². The fraction of sp³-hybridized carbons (Fsp3) is 0.100. The van der Waals surface area contributed by atoms with Crippen molar-refractivity contribution in [3.8, 4) is 0 Å². The monoisotopic (exact) mass is 410 g/mol. The molecule has 132 valence electrons. The molecule has 0 unspecified atom stereocenters. The van der Waals surface area contributed by atoms with E-state index < -0.39 is 0 Å². The summed E-state index contributed by atoms with van der Waals surface area (Å²) in [5.74, 6) is 0.223. The first kappa shape index (κ1) is 17.9. The molecule has 0 aliphatic rings. The molecule has 3 rings (SSSR count). The average Bonchev–Trinajstić information content (AvgIpc) is 3.01. The largest absolute Gasteiger partial charge is 0.380 e. The molecular formula is C20H19BrN4O. The first-order valence-electron chi connectivity index (χ1n) is 8.14. The van der Waals surface area contributed by atoms with Gasteiger partial charge in [-0.3, -0.25) is 9.89 Å². The minimum atomic E-state index is -0.204. The third-order valence-corrected chi connectivity index (χ3v) is 4.75. The van der Waals surface area contributed by atoms with Gasteiger partial charge in [0, 0.05) is 12.1 Å². The van der Waals surface area contributed by atoms with Gasteiger partial charge in [0.15, 0.2) is 5.82 Å². The highest BCUT2D eigenvalue weighted by atomic mass is 79.9. The fourth-order valence-electron chi connectivity index (χ4n) is 2.51. The second-order valence-electron chi connectivity index (χ2n) is 5.85. The zero-order chi connectivity index (χ0) is 18.5. The van der Waals surface area contributed by atoms with Gasteiger partial charge < -0.3 is 10.6 Å². The van der Waals surface area contributed by atoms with Crippen LogP contribution in [0.1, 0.15) is 27.2 Å². The van der Waals surface area contributed by atoms with Gasteiger partial charge in [0.25, 0.3) is 5.91 Å². The number of nitrogens with one attached hydrogen (secondary N) is 3. The SMILES string of the molecule is C=C(NCc1ccccc1)c1[nH]nc(NC(=O)c2ccccc2C)c1Br. The Kier molecular flexibility index (Phi) is 5.53.